The first-order valence-electron chi connectivity index (χ1n) is 8.92. The SMILES string of the molecule is COc1ccc(CCN=C2NS(=O)(=O)C(c3ccc(C)cc3)=C2C)cc1OC. The molecule has 2 aromatic rings. The highest BCUT2D eigenvalue weighted by Gasteiger charge is 2.32. The molecule has 0 aromatic heterocycles. The van der Waals surface area contributed by atoms with Crippen LogP contribution in [0.1, 0.15) is 23.6 Å². The molecule has 0 bridgehead atoms. The number of sulfonamides is 1. The van der Waals surface area contributed by atoms with Gasteiger partial charge in [-0.15, -0.1) is 0 Å². The van der Waals surface area contributed by atoms with Crippen LogP contribution < -0.4 is 14.2 Å². The zero-order chi connectivity index (χ0) is 20.3. The molecule has 6 nitrogen and oxygen atoms in total. The zero-order valence-corrected chi connectivity index (χ0v) is 17.3. The molecule has 28 heavy (non-hydrogen) atoms. The summed E-state index contributed by atoms with van der Waals surface area (Å²) in [7, 11) is -0.417. The van der Waals surface area contributed by atoms with E-state index in [4.69, 9.17) is 9.47 Å². The van der Waals surface area contributed by atoms with Crippen molar-refractivity contribution in [1.29, 1.82) is 0 Å². The molecule has 148 valence electrons. The lowest BCUT2D eigenvalue weighted by atomic mass is 10.1. The molecule has 1 aliphatic heterocycles. The van der Waals surface area contributed by atoms with Gasteiger partial charge in [0.05, 0.1) is 14.2 Å². The number of amidine groups is 1. The Hall–Kier alpha value is -2.80. The van der Waals surface area contributed by atoms with E-state index in [1.54, 1.807) is 21.1 Å². The average molecular weight is 401 g/mol. The third kappa shape index (κ3) is 4.04. The molecule has 0 fully saturated rings. The van der Waals surface area contributed by atoms with Crippen LogP contribution in [0.5, 0.6) is 11.5 Å². The predicted molar refractivity (Wildman–Crippen MR) is 111 cm³/mol. The van der Waals surface area contributed by atoms with Crippen LogP contribution >= 0.6 is 0 Å². The Labute approximate surface area is 166 Å². The molecule has 0 unspecified atom stereocenters. The topological polar surface area (TPSA) is 77.0 Å². The summed E-state index contributed by atoms with van der Waals surface area (Å²) in [4.78, 5) is 4.77. The molecular weight excluding hydrogens is 376 g/mol. The minimum Gasteiger partial charge on any atom is -0.493 e. The molecular formula is C21H24N2O4S. The highest BCUT2D eigenvalue weighted by atomic mass is 32.2. The van der Waals surface area contributed by atoms with E-state index in [0.717, 1.165) is 11.1 Å². The van der Waals surface area contributed by atoms with Gasteiger partial charge in [-0.1, -0.05) is 35.9 Å². The maximum absolute atomic E-state index is 12.6. The number of aliphatic imine (C=N–C) groups is 1. The van der Waals surface area contributed by atoms with E-state index in [2.05, 4.69) is 9.71 Å². The van der Waals surface area contributed by atoms with E-state index < -0.39 is 10.0 Å². The standard InChI is InChI=1S/C21H24N2O4S/c1-14-5-8-17(9-6-14)20-15(2)21(23-28(20,24)25)22-12-11-16-7-10-18(26-3)19(13-16)27-4/h5-10,13H,11-12H2,1-4H3,(H,22,23). The molecule has 0 spiro atoms. The van der Waals surface area contributed by atoms with E-state index in [1.807, 2.05) is 49.4 Å². The van der Waals surface area contributed by atoms with E-state index >= 15 is 0 Å². The molecule has 1 heterocycles. The van der Waals surface area contributed by atoms with Gasteiger partial charge in [-0.2, -0.15) is 0 Å². The summed E-state index contributed by atoms with van der Waals surface area (Å²) in [6.45, 7) is 4.20. The summed E-state index contributed by atoms with van der Waals surface area (Å²) in [5, 5.41) is 0. The Bertz CT molecular complexity index is 1040. The maximum atomic E-state index is 12.6. The largest absolute Gasteiger partial charge is 0.493 e. The number of benzene rings is 2. The van der Waals surface area contributed by atoms with Crippen molar-refractivity contribution in [3.63, 3.8) is 0 Å². The molecule has 0 atom stereocenters. The van der Waals surface area contributed by atoms with E-state index in [1.165, 1.54) is 0 Å². The number of nitrogens with zero attached hydrogens (tertiary/aromatic N) is 1. The quantitative estimate of drug-likeness (QED) is 0.807. The van der Waals surface area contributed by atoms with Crippen molar-refractivity contribution in [1.82, 2.24) is 4.72 Å². The van der Waals surface area contributed by atoms with Crippen LogP contribution in [0.25, 0.3) is 4.91 Å². The fraction of sp³-hybridized carbons (Fsp3) is 0.286. The molecule has 0 amide bonds. The number of nitrogens with one attached hydrogen (secondary N) is 1. The van der Waals surface area contributed by atoms with Gasteiger partial charge in [0.1, 0.15) is 10.7 Å². The first-order chi connectivity index (χ1) is 13.4. The van der Waals surface area contributed by atoms with Gasteiger partial charge in [0, 0.05) is 12.1 Å². The second kappa shape index (κ2) is 8.06. The fourth-order valence-electron chi connectivity index (χ4n) is 3.12. The third-order valence-electron chi connectivity index (χ3n) is 4.63. The molecule has 3 rings (SSSR count). The number of methoxy groups -OCH3 is 2. The Balaban J connectivity index is 1.80. The minimum absolute atomic E-state index is 0.289. The summed E-state index contributed by atoms with van der Waals surface area (Å²) >= 11 is 0. The van der Waals surface area contributed by atoms with Crippen molar-refractivity contribution in [2.75, 3.05) is 20.8 Å². The van der Waals surface area contributed by atoms with Crippen molar-refractivity contribution in [2.45, 2.75) is 20.3 Å². The normalized spacial score (nSPS) is 16.9. The summed E-state index contributed by atoms with van der Waals surface area (Å²) in [6, 6.07) is 13.1. The van der Waals surface area contributed by atoms with Crippen LogP contribution in [-0.4, -0.2) is 35.0 Å². The first kappa shape index (κ1) is 19.9. The van der Waals surface area contributed by atoms with Gasteiger partial charge in [0.25, 0.3) is 10.0 Å². The Morgan fingerprint density at radius 2 is 1.64 bits per heavy atom. The summed E-state index contributed by atoms with van der Waals surface area (Å²) in [6.07, 6.45) is 0.652. The summed E-state index contributed by atoms with van der Waals surface area (Å²) in [5.41, 5.74) is 3.41. The second-order valence-electron chi connectivity index (χ2n) is 6.60. The van der Waals surface area contributed by atoms with Crippen molar-refractivity contribution >= 4 is 20.8 Å². The molecule has 0 radical (unpaired) electrons. The molecule has 0 saturated heterocycles. The number of hydrogen-bond acceptors (Lipinski definition) is 5. The highest BCUT2D eigenvalue weighted by Crippen LogP contribution is 2.30. The van der Waals surface area contributed by atoms with E-state index in [-0.39, 0.29) is 4.91 Å². The van der Waals surface area contributed by atoms with Crippen molar-refractivity contribution in [3.05, 3.63) is 64.7 Å². The van der Waals surface area contributed by atoms with Crippen LogP contribution in [0.3, 0.4) is 0 Å². The average Bonchev–Trinajstić information content (AvgIpc) is 2.91. The molecule has 1 aliphatic rings. The maximum Gasteiger partial charge on any atom is 0.264 e. The minimum atomic E-state index is -3.60. The third-order valence-corrected chi connectivity index (χ3v) is 6.17. The van der Waals surface area contributed by atoms with Gasteiger partial charge in [0.2, 0.25) is 0 Å². The Morgan fingerprint density at radius 1 is 0.964 bits per heavy atom. The van der Waals surface area contributed by atoms with Gasteiger partial charge in [-0.25, -0.2) is 8.42 Å². The first-order valence-corrected chi connectivity index (χ1v) is 10.4. The van der Waals surface area contributed by atoms with E-state index in [9.17, 15) is 8.42 Å². The van der Waals surface area contributed by atoms with Gasteiger partial charge in [0.15, 0.2) is 11.5 Å². The number of ether oxygens (including phenoxy) is 2. The number of aryl methyl sites for hydroxylation is 1. The van der Waals surface area contributed by atoms with Crippen LogP contribution in [0.4, 0.5) is 0 Å². The van der Waals surface area contributed by atoms with Crippen molar-refractivity contribution in [3.8, 4) is 11.5 Å². The van der Waals surface area contributed by atoms with Gasteiger partial charge >= 0.3 is 0 Å². The second-order valence-corrected chi connectivity index (χ2v) is 8.21. The molecule has 2 aromatic carbocycles. The lowest BCUT2D eigenvalue weighted by molar-refractivity contribution is 0.354. The number of hydrogen-bond donors (Lipinski definition) is 1. The van der Waals surface area contributed by atoms with Gasteiger partial charge in [-0.3, -0.25) is 9.71 Å². The highest BCUT2D eigenvalue weighted by molar-refractivity contribution is 8.00. The van der Waals surface area contributed by atoms with Crippen molar-refractivity contribution in [2.24, 2.45) is 4.99 Å². The zero-order valence-electron chi connectivity index (χ0n) is 16.4. The van der Waals surface area contributed by atoms with Crippen LogP contribution in [0.15, 0.2) is 53.0 Å². The van der Waals surface area contributed by atoms with Crippen LogP contribution in [-0.2, 0) is 16.4 Å². The van der Waals surface area contributed by atoms with Gasteiger partial charge < -0.3 is 9.47 Å². The van der Waals surface area contributed by atoms with E-state index in [0.29, 0.717) is 41.4 Å². The monoisotopic (exact) mass is 400 g/mol. The lowest BCUT2D eigenvalue weighted by Crippen LogP contribution is -2.24. The van der Waals surface area contributed by atoms with Crippen LogP contribution in [0.2, 0.25) is 0 Å². The fourth-order valence-corrected chi connectivity index (χ4v) is 4.64. The van der Waals surface area contributed by atoms with Crippen LogP contribution in [0, 0.1) is 6.92 Å². The smallest absolute Gasteiger partial charge is 0.264 e. The van der Waals surface area contributed by atoms with Gasteiger partial charge in [-0.05, 0) is 43.5 Å². The Kier molecular flexibility index (Phi) is 5.74. The predicted octanol–water partition coefficient (Wildman–Crippen LogP) is 3.32. The molecule has 1 N–H and O–H groups in total. The molecule has 0 saturated carbocycles. The molecule has 0 aliphatic carbocycles. The summed E-state index contributed by atoms with van der Waals surface area (Å²) in [5.74, 6) is 1.73. The molecule has 7 heteroatoms. The lowest BCUT2D eigenvalue weighted by Gasteiger charge is -2.09. The number of rotatable bonds is 6. The van der Waals surface area contributed by atoms with Crippen molar-refractivity contribution < 1.29 is 17.9 Å². The Morgan fingerprint density at radius 3 is 2.29 bits per heavy atom. The summed E-state index contributed by atoms with van der Waals surface area (Å²) < 4.78 is 38.3.